The summed E-state index contributed by atoms with van der Waals surface area (Å²) >= 11 is 0. The lowest BCUT2D eigenvalue weighted by Gasteiger charge is -2.29. The number of rotatable bonds is 2. The first-order valence-electron chi connectivity index (χ1n) is 9.73. The van der Waals surface area contributed by atoms with Crippen molar-refractivity contribution in [3.8, 4) is 0 Å². The van der Waals surface area contributed by atoms with E-state index in [1.165, 1.54) is 12.1 Å². The van der Waals surface area contributed by atoms with Crippen molar-refractivity contribution in [1.82, 2.24) is 4.98 Å². The molecule has 2 aromatic carbocycles. The predicted molar refractivity (Wildman–Crippen MR) is 111 cm³/mol. The third-order valence-electron chi connectivity index (χ3n) is 5.67. The minimum Gasteiger partial charge on any atom is -0.372 e. The van der Waals surface area contributed by atoms with Crippen LogP contribution in [-0.4, -0.2) is 10.8 Å². The van der Waals surface area contributed by atoms with Crippen LogP contribution in [0.1, 0.15) is 35.9 Å². The average Bonchev–Trinajstić information content (AvgIpc) is 2.92. The summed E-state index contributed by atoms with van der Waals surface area (Å²) in [4.78, 5) is 17.6. The van der Waals surface area contributed by atoms with Gasteiger partial charge in [0.2, 0.25) is 0 Å². The summed E-state index contributed by atoms with van der Waals surface area (Å²) in [6, 6.07) is 18.0. The molecule has 0 spiro atoms. The molecule has 4 nitrogen and oxygen atoms in total. The normalized spacial score (nSPS) is 20.8. The number of hydrogen-bond donors (Lipinski definition) is 2. The van der Waals surface area contributed by atoms with Crippen LogP contribution in [0.25, 0.3) is 0 Å². The van der Waals surface area contributed by atoms with Crippen LogP contribution in [0.2, 0.25) is 0 Å². The van der Waals surface area contributed by atoms with Crippen LogP contribution >= 0.6 is 0 Å². The zero-order chi connectivity index (χ0) is 19.8. The molecule has 1 aromatic heterocycles. The molecule has 1 aliphatic heterocycles. The lowest BCUT2D eigenvalue weighted by atomic mass is 9.79. The molecule has 0 bridgehead atoms. The highest BCUT2D eigenvalue weighted by molar-refractivity contribution is 6.01. The number of aromatic nitrogens is 1. The Kier molecular flexibility index (Phi) is 4.35. The highest BCUT2D eigenvalue weighted by Gasteiger charge is 2.36. The monoisotopic (exact) mass is 385 g/mol. The summed E-state index contributed by atoms with van der Waals surface area (Å²) in [5.74, 6) is -0.144. The zero-order valence-corrected chi connectivity index (χ0v) is 15.7. The Morgan fingerprint density at radius 3 is 2.45 bits per heavy atom. The van der Waals surface area contributed by atoms with Gasteiger partial charge < -0.3 is 10.6 Å². The Hall–Kier alpha value is -3.47. The van der Waals surface area contributed by atoms with Gasteiger partial charge in [-0.2, -0.15) is 0 Å². The summed E-state index contributed by atoms with van der Waals surface area (Å²) in [6.07, 6.45) is 4.63. The van der Waals surface area contributed by atoms with E-state index in [1.807, 2.05) is 36.4 Å². The number of hydrogen-bond acceptors (Lipinski definition) is 4. The maximum Gasteiger partial charge on any atom is 0.163 e. The Balaban J connectivity index is 1.60. The molecule has 3 aromatic rings. The van der Waals surface area contributed by atoms with Crippen molar-refractivity contribution in [1.29, 1.82) is 0 Å². The number of Topliss-reactive ketones (excluding diaryl/α,β-unsaturated/α-hetero) is 1. The number of anilines is 2. The van der Waals surface area contributed by atoms with Crippen LogP contribution in [0.3, 0.4) is 0 Å². The summed E-state index contributed by atoms with van der Waals surface area (Å²) < 4.78 is 13.4. The van der Waals surface area contributed by atoms with E-state index < -0.39 is 0 Å². The molecular weight excluding hydrogens is 365 g/mol. The van der Waals surface area contributed by atoms with Gasteiger partial charge in [0.25, 0.3) is 0 Å². The van der Waals surface area contributed by atoms with Gasteiger partial charge in [-0.15, -0.1) is 0 Å². The molecule has 144 valence electrons. The number of nitrogens with one attached hydrogen (secondary N) is 2. The van der Waals surface area contributed by atoms with Crippen molar-refractivity contribution < 1.29 is 9.18 Å². The van der Waals surface area contributed by atoms with Gasteiger partial charge in [-0.1, -0.05) is 30.3 Å². The van der Waals surface area contributed by atoms with E-state index in [9.17, 15) is 9.18 Å². The van der Waals surface area contributed by atoms with E-state index in [0.29, 0.717) is 12.8 Å². The summed E-state index contributed by atoms with van der Waals surface area (Å²) in [5.41, 5.74) is 5.50. The van der Waals surface area contributed by atoms with Gasteiger partial charge in [0.05, 0.1) is 17.4 Å². The zero-order valence-electron chi connectivity index (χ0n) is 15.7. The first-order chi connectivity index (χ1) is 14.2. The maximum atomic E-state index is 13.4. The lowest BCUT2D eigenvalue weighted by Crippen LogP contribution is -2.26. The highest BCUT2D eigenvalue weighted by Crippen LogP contribution is 2.43. The molecule has 2 unspecified atom stereocenters. The molecular formula is C24H20FN3O. The molecule has 0 radical (unpaired) electrons. The lowest BCUT2D eigenvalue weighted by molar-refractivity contribution is -0.116. The Bertz CT molecular complexity index is 1090. The number of nitrogens with zero attached hydrogens (tertiary/aromatic N) is 1. The van der Waals surface area contributed by atoms with Crippen LogP contribution in [0, 0.1) is 5.82 Å². The summed E-state index contributed by atoms with van der Waals surface area (Å²) in [6.45, 7) is 0. The Morgan fingerprint density at radius 2 is 1.69 bits per heavy atom. The Labute approximate surface area is 168 Å². The number of carbonyl (C=O) groups is 1. The van der Waals surface area contributed by atoms with Gasteiger partial charge in [0.1, 0.15) is 5.82 Å². The molecule has 0 saturated heterocycles. The Morgan fingerprint density at radius 1 is 0.897 bits per heavy atom. The van der Waals surface area contributed by atoms with Gasteiger partial charge in [-0.3, -0.25) is 9.78 Å². The third-order valence-corrected chi connectivity index (χ3v) is 5.67. The van der Waals surface area contributed by atoms with Gasteiger partial charge in [0, 0.05) is 30.1 Å². The van der Waals surface area contributed by atoms with Crippen molar-refractivity contribution >= 4 is 17.2 Å². The molecule has 0 saturated carbocycles. The van der Waals surface area contributed by atoms with Crippen LogP contribution in [0.15, 0.2) is 84.3 Å². The molecule has 5 heteroatoms. The van der Waals surface area contributed by atoms with Crippen LogP contribution in [0.4, 0.5) is 15.8 Å². The SMILES string of the molecule is O=C1CC(c2ccc(F)cc2)CC2=C1C(c1cccnc1)Nc1ccccc1N2. The smallest absolute Gasteiger partial charge is 0.163 e. The second kappa shape index (κ2) is 7.17. The van der Waals surface area contributed by atoms with Gasteiger partial charge in [-0.05, 0) is 53.8 Å². The fourth-order valence-corrected chi connectivity index (χ4v) is 4.26. The fraction of sp³-hybridized carbons (Fsp3) is 0.167. The molecule has 2 atom stereocenters. The van der Waals surface area contributed by atoms with E-state index >= 15 is 0 Å². The second-order valence-corrected chi connectivity index (χ2v) is 7.51. The number of benzene rings is 2. The quantitative estimate of drug-likeness (QED) is 0.637. The molecule has 5 rings (SSSR count). The highest BCUT2D eigenvalue weighted by atomic mass is 19.1. The van der Waals surface area contributed by atoms with E-state index in [0.717, 1.165) is 33.8 Å². The van der Waals surface area contributed by atoms with Crippen LogP contribution in [0.5, 0.6) is 0 Å². The van der Waals surface area contributed by atoms with Crippen molar-refractivity contribution in [3.05, 3.63) is 101 Å². The molecule has 1 aliphatic carbocycles. The minimum absolute atomic E-state index is 0.0224. The molecule has 0 amide bonds. The van der Waals surface area contributed by atoms with Crippen molar-refractivity contribution in [2.45, 2.75) is 24.8 Å². The number of halogens is 1. The largest absolute Gasteiger partial charge is 0.372 e. The van der Waals surface area contributed by atoms with E-state index in [4.69, 9.17) is 0 Å². The standard InChI is InChI=1S/C24H20FN3O/c25-18-9-7-15(8-10-18)17-12-21-23(22(29)13-17)24(16-4-3-11-26-14-16)28-20-6-2-1-5-19(20)27-21/h1-11,14,17,24,27-28H,12-13H2. The molecule has 2 aliphatic rings. The second-order valence-electron chi connectivity index (χ2n) is 7.51. The number of ketones is 1. The minimum atomic E-state index is -0.267. The number of allylic oxidation sites excluding steroid dienone is 1. The first-order valence-corrected chi connectivity index (χ1v) is 9.73. The van der Waals surface area contributed by atoms with Crippen molar-refractivity contribution in [2.75, 3.05) is 10.6 Å². The average molecular weight is 385 g/mol. The van der Waals surface area contributed by atoms with E-state index in [2.05, 4.69) is 15.6 Å². The van der Waals surface area contributed by atoms with Crippen molar-refractivity contribution in [3.63, 3.8) is 0 Å². The van der Waals surface area contributed by atoms with Crippen LogP contribution in [-0.2, 0) is 4.79 Å². The van der Waals surface area contributed by atoms with E-state index in [-0.39, 0.29) is 23.6 Å². The predicted octanol–water partition coefficient (Wildman–Crippen LogP) is 5.20. The molecule has 29 heavy (non-hydrogen) atoms. The number of para-hydroxylation sites is 2. The topological polar surface area (TPSA) is 54.0 Å². The third kappa shape index (κ3) is 3.29. The molecule has 0 fully saturated rings. The number of fused-ring (bicyclic) bond motifs is 1. The molecule has 2 N–H and O–H groups in total. The maximum absolute atomic E-state index is 13.4. The molecule has 2 heterocycles. The van der Waals surface area contributed by atoms with Gasteiger partial charge >= 0.3 is 0 Å². The van der Waals surface area contributed by atoms with Crippen LogP contribution < -0.4 is 10.6 Å². The fourth-order valence-electron chi connectivity index (χ4n) is 4.26. The van der Waals surface area contributed by atoms with Crippen molar-refractivity contribution in [2.24, 2.45) is 0 Å². The van der Waals surface area contributed by atoms with Gasteiger partial charge in [0.15, 0.2) is 5.78 Å². The summed E-state index contributed by atoms with van der Waals surface area (Å²) in [5, 5.41) is 7.04. The first kappa shape index (κ1) is 17.6. The van der Waals surface area contributed by atoms with Gasteiger partial charge in [-0.25, -0.2) is 4.39 Å². The van der Waals surface area contributed by atoms with E-state index in [1.54, 1.807) is 24.5 Å². The number of pyridine rings is 1. The summed E-state index contributed by atoms with van der Waals surface area (Å²) in [7, 11) is 0. The number of carbonyl (C=O) groups excluding carboxylic acids is 1.